The normalized spacial score (nSPS) is 12.5. The van der Waals surface area contributed by atoms with Crippen LogP contribution in [0.4, 0.5) is 0 Å². The Balaban J connectivity index is 4.34. The number of unbranched alkanes of at least 4 members (excludes halogenated alkanes) is 42. The summed E-state index contributed by atoms with van der Waals surface area (Å²) in [5.41, 5.74) is 0. The van der Waals surface area contributed by atoms with Crippen molar-refractivity contribution in [1.29, 1.82) is 0 Å². The number of ether oxygens (including phenoxy) is 3. The second-order valence-electron chi connectivity index (χ2n) is 23.8. The lowest BCUT2D eigenvalue weighted by Gasteiger charge is -2.18. The third-order valence-corrected chi connectivity index (χ3v) is 15.7. The van der Waals surface area contributed by atoms with Crippen LogP contribution < -0.4 is 0 Å². The molecule has 0 saturated heterocycles. The van der Waals surface area contributed by atoms with E-state index < -0.39 is 6.10 Å². The lowest BCUT2D eigenvalue weighted by molar-refractivity contribution is -0.167. The van der Waals surface area contributed by atoms with Gasteiger partial charge in [0.1, 0.15) is 13.2 Å². The van der Waals surface area contributed by atoms with E-state index in [1.54, 1.807) is 0 Å². The van der Waals surface area contributed by atoms with Gasteiger partial charge in [0.2, 0.25) is 0 Å². The van der Waals surface area contributed by atoms with E-state index in [4.69, 9.17) is 14.2 Å². The van der Waals surface area contributed by atoms with Crippen molar-refractivity contribution < 1.29 is 28.6 Å². The number of esters is 3. The molecular weight excluding hydrogens is 997 g/mol. The second-order valence-corrected chi connectivity index (χ2v) is 23.8. The van der Waals surface area contributed by atoms with Gasteiger partial charge in [0, 0.05) is 19.3 Å². The topological polar surface area (TPSA) is 78.9 Å². The lowest BCUT2D eigenvalue weighted by Crippen LogP contribution is -2.30. The molecule has 0 aromatic carbocycles. The van der Waals surface area contributed by atoms with Gasteiger partial charge in [-0.15, -0.1) is 0 Å². The molecule has 0 radical (unpaired) electrons. The summed E-state index contributed by atoms with van der Waals surface area (Å²) < 4.78 is 17.0. The highest BCUT2D eigenvalue weighted by molar-refractivity contribution is 5.71. The minimum atomic E-state index is -0.798. The highest BCUT2D eigenvalue weighted by atomic mass is 16.6. The Labute approximate surface area is 503 Å². The molecule has 81 heavy (non-hydrogen) atoms. The minimum absolute atomic E-state index is 0.0884. The fraction of sp³-hybridized carbons (Fsp3) is 0.800. The molecule has 0 fully saturated rings. The molecule has 1 unspecified atom stereocenters. The van der Waals surface area contributed by atoms with E-state index in [1.807, 2.05) is 0 Å². The molecule has 0 aromatic rings. The lowest BCUT2D eigenvalue weighted by atomic mass is 10.0. The van der Waals surface area contributed by atoms with Gasteiger partial charge in [-0.1, -0.05) is 351 Å². The van der Waals surface area contributed by atoms with Gasteiger partial charge in [0.25, 0.3) is 0 Å². The van der Waals surface area contributed by atoms with Crippen LogP contribution in [0.15, 0.2) is 72.9 Å². The third-order valence-electron chi connectivity index (χ3n) is 15.7. The molecule has 0 amide bonds. The fourth-order valence-electron chi connectivity index (χ4n) is 10.5. The molecule has 470 valence electrons. The van der Waals surface area contributed by atoms with E-state index in [9.17, 15) is 14.4 Å². The quantitative estimate of drug-likeness (QED) is 0.0261. The summed E-state index contributed by atoms with van der Waals surface area (Å²) in [7, 11) is 0. The molecule has 6 nitrogen and oxygen atoms in total. The van der Waals surface area contributed by atoms with Gasteiger partial charge in [0.15, 0.2) is 6.10 Å². The molecule has 0 heterocycles. The van der Waals surface area contributed by atoms with Gasteiger partial charge in [-0.3, -0.25) is 14.4 Å². The number of allylic oxidation sites excluding steroid dienone is 12. The Morgan fingerprint density at radius 2 is 0.481 bits per heavy atom. The van der Waals surface area contributed by atoms with E-state index in [2.05, 4.69) is 93.7 Å². The average Bonchev–Trinajstić information content (AvgIpc) is 3.47. The van der Waals surface area contributed by atoms with Gasteiger partial charge in [-0.25, -0.2) is 0 Å². The van der Waals surface area contributed by atoms with Crippen molar-refractivity contribution in [3.63, 3.8) is 0 Å². The Bertz CT molecular complexity index is 1490. The molecule has 1 atom stereocenters. The summed E-state index contributed by atoms with van der Waals surface area (Å²) in [4.78, 5) is 38.4. The number of carbonyl (C=O) groups excluding carboxylic acids is 3. The van der Waals surface area contributed by atoms with Crippen molar-refractivity contribution >= 4 is 17.9 Å². The van der Waals surface area contributed by atoms with Gasteiger partial charge >= 0.3 is 17.9 Å². The van der Waals surface area contributed by atoms with Crippen LogP contribution in [0.2, 0.25) is 0 Å². The summed E-state index contributed by atoms with van der Waals surface area (Å²) in [6, 6.07) is 0. The summed E-state index contributed by atoms with van der Waals surface area (Å²) in [5, 5.41) is 0. The first kappa shape index (κ1) is 77.9. The smallest absolute Gasteiger partial charge is 0.306 e. The summed E-state index contributed by atoms with van der Waals surface area (Å²) >= 11 is 0. The Morgan fingerprint density at radius 3 is 0.753 bits per heavy atom. The van der Waals surface area contributed by atoms with Gasteiger partial charge in [-0.05, 0) is 70.6 Å². The first-order chi connectivity index (χ1) is 40.0. The van der Waals surface area contributed by atoms with Gasteiger partial charge in [0.05, 0.1) is 0 Å². The zero-order valence-electron chi connectivity index (χ0n) is 54.1. The van der Waals surface area contributed by atoms with Crippen LogP contribution in [0, 0.1) is 0 Å². The predicted molar refractivity (Wildman–Crippen MR) is 353 cm³/mol. The zero-order valence-corrected chi connectivity index (χ0v) is 54.1. The van der Waals surface area contributed by atoms with Crippen LogP contribution in [0.3, 0.4) is 0 Å². The number of rotatable bonds is 65. The Morgan fingerprint density at radius 1 is 0.259 bits per heavy atom. The maximum atomic E-state index is 12.9. The van der Waals surface area contributed by atoms with Crippen molar-refractivity contribution in [2.75, 3.05) is 13.2 Å². The molecule has 0 aliphatic heterocycles. The molecule has 0 rings (SSSR count). The fourth-order valence-corrected chi connectivity index (χ4v) is 10.5. The third kappa shape index (κ3) is 67.5. The van der Waals surface area contributed by atoms with Crippen LogP contribution >= 0.6 is 0 Å². The van der Waals surface area contributed by atoms with E-state index in [0.717, 1.165) is 89.9 Å². The molecule has 0 aromatic heterocycles. The number of hydrogen-bond donors (Lipinski definition) is 0. The number of carbonyl (C=O) groups is 3. The maximum Gasteiger partial charge on any atom is 0.306 e. The van der Waals surface area contributed by atoms with Crippen molar-refractivity contribution in [2.24, 2.45) is 0 Å². The number of hydrogen-bond acceptors (Lipinski definition) is 6. The van der Waals surface area contributed by atoms with Crippen LogP contribution in [0.25, 0.3) is 0 Å². The van der Waals surface area contributed by atoms with E-state index in [1.165, 1.54) is 231 Å². The monoisotopic (exact) mass is 1130 g/mol. The highest BCUT2D eigenvalue weighted by Crippen LogP contribution is 2.18. The largest absolute Gasteiger partial charge is 0.462 e. The molecular formula is C75H134O6. The molecule has 0 aliphatic carbocycles. The SMILES string of the molecule is CC/C=C\C/C=C\C/C=C\C/C=C\C/C=C\C/C=C\CCCCC(=O)OC(COC(=O)CCCCCCCCCCCCCCCCCC)COC(=O)CCCCCCCCCCCCCCCCCCCCCCCCCCCC. The van der Waals surface area contributed by atoms with E-state index in [-0.39, 0.29) is 37.5 Å². The Kier molecular flexibility index (Phi) is 66.6. The molecule has 0 spiro atoms. The van der Waals surface area contributed by atoms with Crippen LogP contribution in [0.5, 0.6) is 0 Å². The molecule has 0 bridgehead atoms. The molecule has 0 aliphatic rings. The van der Waals surface area contributed by atoms with Crippen molar-refractivity contribution in [3.05, 3.63) is 72.9 Å². The van der Waals surface area contributed by atoms with Crippen molar-refractivity contribution in [1.82, 2.24) is 0 Å². The molecule has 0 saturated carbocycles. The minimum Gasteiger partial charge on any atom is -0.462 e. The van der Waals surface area contributed by atoms with Crippen LogP contribution in [-0.2, 0) is 28.6 Å². The molecule has 6 heteroatoms. The van der Waals surface area contributed by atoms with Crippen molar-refractivity contribution in [3.8, 4) is 0 Å². The predicted octanol–water partition coefficient (Wildman–Crippen LogP) is 24.4. The highest BCUT2D eigenvalue weighted by Gasteiger charge is 2.19. The summed E-state index contributed by atoms with van der Waals surface area (Å²) in [5.74, 6) is -0.908. The van der Waals surface area contributed by atoms with Crippen LogP contribution in [0.1, 0.15) is 367 Å². The Hall–Kier alpha value is -3.15. The summed E-state index contributed by atoms with van der Waals surface area (Å²) in [6.45, 7) is 6.56. The van der Waals surface area contributed by atoms with Gasteiger partial charge in [-0.2, -0.15) is 0 Å². The second kappa shape index (κ2) is 69.3. The standard InChI is InChI=1S/C75H134O6/c1-4-7-10-13-16-19-22-25-28-31-33-35-36-37-38-39-41-42-44-47-50-53-56-59-62-65-68-74(77)80-71-72(70-79-73(76)67-64-61-58-55-52-49-46-30-27-24-21-18-15-12-9-6-3)81-75(78)69-66-63-60-57-54-51-48-45-43-40-34-32-29-26-23-20-17-14-11-8-5-2/h8,11,17,20,26,29,34,40,45,48,54,57,72H,4-7,9-10,12-16,18-19,21-25,27-28,30-33,35-39,41-44,46-47,49-53,55-56,58-71H2,1-3H3/b11-8-,20-17-,29-26-,40-34-,48-45-,57-54-. The summed E-state index contributed by atoms with van der Waals surface area (Å²) in [6.07, 6.45) is 90.8. The van der Waals surface area contributed by atoms with Crippen LogP contribution in [-0.4, -0.2) is 37.2 Å². The van der Waals surface area contributed by atoms with E-state index in [0.29, 0.717) is 19.3 Å². The van der Waals surface area contributed by atoms with E-state index >= 15 is 0 Å². The molecule has 0 N–H and O–H groups in total. The first-order valence-corrected chi connectivity index (χ1v) is 35.4. The maximum absolute atomic E-state index is 12.9. The first-order valence-electron chi connectivity index (χ1n) is 35.4. The van der Waals surface area contributed by atoms with Gasteiger partial charge < -0.3 is 14.2 Å². The average molecular weight is 1130 g/mol. The zero-order chi connectivity index (χ0) is 58.5. The van der Waals surface area contributed by atoms with Crippen molar-refractivity contribution in [2.45, 2.75) is 374 Å².